The van der Waals surface area contributed by atoms with Gasteiger partial charge in [-0.25, -0.2) is 0 Å². The van der Waals surface area contributed by atoms with Crippen LogP contribution in [0, 0.1) is 0 Å². The molecule has 7 heteroatoms. The molecule has 0 aromatic heterocycles. The van der Waals surface area contributed by atoms with Crippen molar-refractivity contribution in [3.05, 3.63) is 0 Å². The Kier molecular flexibility index (Phi) is 9.49. The summed E-state index contributed by atoms with van der Waals surface area (Å²) in [4.78, 5) is 12.2. The van der Waals surface area contributed by atoms with Gasteiger partial charge in [0.05, 0.1) is 13.2 Å². The second-order valence-electron chi connectivity index (χ2n) is 9.09. The van der Waals surface area contributed by atoms with Gasteiger partial charge in [0.25, 0.3) is 0 Å². The Balaban J connectivity index is 1.40. The maximum absolute atomic E-state index is 5.61. The van der Waals surface area contributed by atoms with Crippen molar-refractivity contribution in [2.45, 2.75) is 50.5 Å². The van der Waals surface area contributed by atoms with E-state index in [1.807, 2.05) is 7.05 Å². The quantitative estimate of drug-likeness (QED) is 0.375. The van der Waals surface area contributed by atoms with Gasteiger partial charge in [0, 0.05) is 51.9 Å². The van der Waals surface area contributed by atoms with Crippen LogP contribution in [0.15, 0.2) is 4.99 Å². The summed E-state index contributed by atoms with van der Waals surface area (Å²) >= 11 is 0. The lowest BCUT2D eigenvalue weighted by Crippen LogP contribution is -2.60. The van der Waals surface area contributed by atoms with Gasteiger partial charge >= 0.3 is 0 Å². The third-order valence-corrected chi connectivity index (χ3v) is 7.03. The van der Waals surface area contributed by atoms with E-state index in [9.17, 15) is 0 Å². The minimum Gasteiger partial charge on any atom is -0.379 e. The Morgan fingerprint density at radius 1 is 0.931 bits per heavy atom. The van der Waals surface area contributed by atoms with Gasteiger partial charge < -0.3 is 25.2 Å². The van der Waals surface area contributed by atoms with Crippen LogP contribution in [0.25, 0.3) is 0 Å². The molecular weight excluding hydrogens is 364 g/mol. The van der Waals surface area contributed by atoms with Crippen molar-refractivity contribution in [3.63, 3.8) is 0 Å². The van der Waals surface area contributed by atoms with Crippen LogP contribution in [-0.2, 0) is 4.74 Å². The molecule has 7 nitrogen and oxygen atoms in total. The third-order valence-electron chi connectivity index (χ3n) is 7.03. The SMILES string of the molecule is CN=C(NCCCN1CCCN(C)CC1)NCC1(N2CCOCC2)CCCCC1. The standard InChI is InChI=1S/C22H44N6O/c1-23-21(24-10-6-12-27-13-7-11-26(2)14-15-27)25-20-22(8-4-3-5-9-22)28-16-18-29-19-17-28/h3-20H2,1-2H3,(H2,23,24,25). The van der Waals surface area contributed by atoms with Crippen molar-refractivity contribution < 1.29 is 4.74 Å². The average Bonchev–Trinajstić information content (AvgIpc) is 2.98. The highest BCUT2D eigenvalue weighted by Gasteiger charge is 2.38. The Morgan fingerprint density at radius 3 is 2.48 bits per heavy atom. The van der Waals surface area contributed by atoms with E-state index in [1.165, 1.54) is 77.7 Å². The maximum atomic E-state index is 5.61. The van der Waals surface area contributed by atoms with Gasteiger partial charge in [-0.3, -0.25) is 9.89 Å². The fraction of sp³-hybridized carbons (Fsp3) is 0.955. The number of hydrogen-bond donors (Lipinski definition) is 2. The van der Waals surface area contributed by atoms with Gasteiger partial charge in [0.2, 0.25) is 0 Å². The molecule has 0 spiro atoms. The zero-order valence-electron chi connectivity index (χ0n) is 18.9. The predicted molar refractivity (Wildman–Crippen MR) is 121 cm³/mol. The van der Waals surface area contributed by atoms with E-state index < -0.39 is 0 Å². The van der Waals surface area contributed by atoms with Crippen LogP contribution in [0.3, 0.4) is 0 Å². The number of ether oxygens (including phenoxy) is 1. The molecular formula is C22H44N6O. The zero-order chi connectivity index (χ0) is 20.4. The molecule has 2 aliphatic heterocycles. The molecule has 29 heavy (non-hydrogen) atoms. The molecule has 2 saturated heterocycles. The average molecular weight is 409 g/mol. The number of likely N-dealkylation sites (N-methyl/N-ethyl adjacent to an activating group) is 1. The minimum atomic E-state index is 0.276. The van der Waals surface area contributed by atoms with E-state index in [4.69, 9.17) is 4.74 Å². The molecule has 2 N–H and O–H groups in total. The summed E-state index contributed by atoms with van der Waals surface area (Å²) in [6.45, 7) is 11.9. The van der Waals surface area contributed by atoms with Crippen molar-refractivity contribution in [2.75, 3.05) is 86.2 Å². The molecule has 0 bridgehead atoms. The highest BCUT2D eigenvalue weighted by Crippen LogP contribution is 2.33. The van der Waals surface area contributed by atoms with Gasteiger partial charge in [-0.15, -0.1) is 0 Å². The lowest BCUT2D eigenvalue weighted by Gasteiger charge is -2.48. The Labute approximate surface area is 178 Å². The number of aliphatic imine (C=N–C) groups is 1. The minimum absolute atomic E-state index is 0.276. The first kappa shape index (κ1) is 22.8. The fourth-order valence-corrected chi connectivity index (χ4v) is 5.15. The fourth-order valence-electron chi connectivity index (χ4n) is 5.15. The van der Waals surface area contributed by atoms with Crippen molar-refractivity contribution in [1.29, 1.82) is 0 Å². The summed E-state index contributed by atoms with van der Waals surface area (Å²) < 4.78 is 5.61. The summed E-state index contributed by atoms with van der Waals surface area (Å²) in [6.07, 6.45) is 9.11. The molecule has 1 aliphatic carbocycles. The molecule has 3 rings (SSSR count). The molecule has 0 amide bonds. The molecule has 168 valence electrons. The topological polar surface area (TPSA) is 55.4 Å². The van der Waals surface area contributed by atoms with Crippen molar-refractivity contribution in [1.82, 2.24) is 25.3 Å². The first-order valence-corrected chi connectivity index (χ1v) is 11.9. The second-order valence-corrected chi connectivity index (χ2v) is 9.09. The molecule has 0 unspecified atom stereocenters. The van der Waals surface area contributed by atoms with E-state index in [0.717, 1.165) is 45.4 Å². The van der Waals surface area contributed by atoms with Crippen LogP contribution in [0.1, 0.15) is 44.9 Å². The number of guanidine groups is 1. The van der Waals surface area contributed by atoms with Gasteiger partial charge in [0.1, 0.15) is 0 Å². The monoisotopic (exact) mass is 408 g/mol. The van der Waals surface area contributed by atoms with Crippen LogP contribution in [-0.4, -0.2) is 112 Å². The van der Waals surface area contributed by atoms with Crippen LogP contribution in [0.4, 0.5) is 0 Å². The summed E-state index contributed by atoms with van der Waals surface area (Å²) in [7, 11) is 4.12. The number of rotatable bonds is 7. The Bertz CT molecular complexity index is 488. The molecule has 3 aliphatic rings. The summed E-state index contributed by atoms with van der Waals surface area (Å²) in [5.41, 5.74) is 0.276. The molecule has 1 saturated carbocycles. The number of morpholine rings is 1. The number of nitrogens with one attached hydrogen (secondary N) is 2. The van der Waals surface area contributed by atoms with Crippen LogP contribution in [0.5, 0.6) is 0 Å². The highest BCUT2D eigenvalue weighted by molar-refractivity contribution is 5.79. The van der Waals surface area contributed by atoms with E-state index in [-0.39, 0.29) is 5.54 Å². The lowest BCUT2D eigenvalue weighted by molar-refractivity contribution is -0.0352. The molecule has 3 fully saturated rings. The Morgan fingerprint density at radius 2 is 1.72 bits per heavy atom. The normalized spacial score (nSPS) is 25.5. The summed E-state index contributed by atoms with van der Waals surface area (Å²) in [5.74, 6) is 0.957. The maximum Gasteiger partial charge on any atom is 0.191 e. The largest absolute Gasteiger partial charge is 0.379 e. The molecule has 2 heterocycles. The van der Waals surface area contributed by atoms with Crippen LogP contribution >= 0.6 is 0 Å². The first-order chi connectivity index (χ1) is 14.2. The Hall–Kier alpha value is -0.890. The summed E-state index contributed by atoms with van der Waals surface area (Å²) in [5, 5.41) is 7.22. The highest BCUT2D eigenvalue weighted by atomic mass is 16.5. The van der Waals surface area contributed by atoms with Crippen LogP contribution < -0.4 is 10.6 Å². The number of hydrogen-bond acceptors (Lipinski definition) is 5. The molecule has 0 aromatic carbocycles. The molecule has 0 aromatic rings. The van der Waals surface area contributed by atoms with E-state index in [0.29, 0.717) is 0 Å². The van der Waals surface area contributed by atoms with E-state index in [2.05, 4.69) is 37.4 Å². The number of nitrogens with zero attached hydrogens (tertiary/aromatic N) is 4. The predicted octanol–water partition coefficient (Wildman–Crippen LogP) is 1.21. The smallest absolute Gasteiger partial charge is 0.191 e. The zero-order valence-corrected chi connectivity index (χ0v) is 18.9. The second kappa shape index (κ2) is 12.1. The van der Waals surface area contributed by atoms with Gasteiger partial charge in [-0.2, -0.15) is 0 Å². The lowest BCUT2D eigenvalue weighted by atomic mass is 9.80. The van der Waals surface area contributed by atoms with Crippen molar-refractivity contribution in [3.8, 4) is 0 Å². The van der Waals surface area contributed by atoms with Crippen molar-refractivity contribution >= 4 is 5.96 Å². The van der Waals surface area contributed by atoms with Gasteiger partial charge in [0.15, 0.2) is 5.96 Å². The van der Waals surface area contributed by atoms with E-state index in [1.54, 1.807) is 0 Å². The molecule has 0 radical (unpaired) electrons. The van der Waals surface area contributed by atoms with E-state index >= 15 is 0 Å². The van der Waals surface area contributed by atoms with Gasteiger partial charge in [-0.05, 0) is 52.4 Å². The van der Waals surface area contributed by atoms with Crippen molar-refractivity contribution in [2.24, 2.45) is 4.99 Å². The van der Waals surface area contributed by atoms with Gasteiger partial charge in [-0.1, -0.05) is 19.3 Å². The summed E-state index contributed by atoms with van der Waals surface area (Å²) in [6, 6.07) is 0. The first-order valence-electron chi connectivity index (χ1n) is 11.9. The molecule has 0 atom stereocenters. The third kappa shape index (κ3) is 7.09. The van der Waals surface area contributed by atoms with Crippen LogP contribution in [0.2, 0.25) is 0 Å².